The van der Waals surface area contributed by atoms with E-state index in [1.165, 1.54) is 0 Å². The largest absolute Gasteiger partial charge is 0.381 e. The molecule has 2 fully saturated rings. The molecule has 2 aliphatic rings. The quantitative estimate of drug-likeness (QED) is 0.812. The van der Waals surface area contributed by atoms with Crippen molar-refractivity contribution in [2.75, 3.05) is 50.8 Å². The number of amides is 2. The normalized spacial score (nSPS) is 19.2. The standard InChI is InChI=1S/C16H23N5O3/c22-14(12-19-15(23)13-2-10-24-11-3-13)20-6-8-21(9-7-20)16-17-4-1-5-18-16/h1,4-5,13H,2-3,6-12H2,(H,19,23). The minimum absolute atomic E-state index is 0.0290. The smallest absolute Gasteiger partial charge is 0.242 e. The molecule has 0 aromatic carbocycles. The average Bonchev–Trinajstić information content (AvgIpc) is 2.67. The molecule has 2 amide bonds. The second-order valence-corrected chi connectivity index (χ2v) is 6.02. The van der Waals surface area contributed by atoms with Crippen molar-refractivity contribution >= 4 is 17.8 Å². The second-order valence-electron chi connectivity index (χ2n) is 6.02. The van der Waals surface area contributed by atoms with Gasteiger partial charge in [0, 0.05) is 57.7 Å². The van der Waals surface area contributed by atoms with E-state index in [4.69, 9.17) is 4.74 Å². The Kier molecular flexibility index (Phi) is 5.58. The first-order valence-corrected chi connectivity index (χ1v) is 8.39. The fraction of sp³-hybridized carbons (Fsp3) is 0.625. The zero-order chi connectivity index (χ0) is 16.8. The molecule has 1 N–H and O–H groups in total. The van der Waals surface area contributed by atoms with Crippen LogP contribution in [-0.2, 0) is 14.3 Å². The molecule has 0 saturated carbocycles. The minimum atomic E-state index is -0.0389. The Morgan fingerprint density at radius 2 is 1.79 bits per heavy atom. The molecule has 0 spiro atoms. The van der Waals surface area contributed by atoms with Crippen molar-refractivity contribution < 1.29 is 14.3 Å². The summed E-state index contributed by atoms with van der Waals surface area (Å²) in [4.78, 5) is 36.6. The van der Waals surface area contributed by atoms with Gasteiger partial charge in [-0.25, -0.2) is 9.97 Å². The van der Waals surface area contributed by atoms with Crippen LogP contribution in [-0.4, -0.2) is 72.6 Å². The summed E-state index contributed by atoms with van der Waals surface area (Å²) in [7, 11) is 0. The van der Waals surface area contributed by atoms with E-state index in [1.807, 2.05) is 0 Å². The number of ether oxygens (including phenoxy) is 1. The fourth-order valence-electron chi connectivity index (χ4n) is 2.99. The lowest BCUT2D eigenvalue weighted by Gasteiger charge is -2.34. The summed E-state index contributed by atoms with van der Waals surface area (Å²) in [5.74, 6) is 0.586. The molecule has 24 heavy (non-hydrogen) atoms. The van der Waals surface area contributed by atoms with Gasteiger partial charge >= 0.3 is 0 Å². The zero-order valence-electron chi connectivity index (χ0n) is 13.7. The summed E-state index contributed by atoms with van der Waals surface area (Å²) < 4.78 is 5.25. The van der Waals surface area contributed by atoms with E-state index in [0.717, 1.165) is 12.8 Å². The monoisotopic (exact) mass is 333 g/mol. The predicted octanol–water partition coefficient (Wildman–Crippen LogP) is -0.332. The van der Waals surface area contributed by atoms with Gasteiger partial charge < -0.3 is 19.9 Å². The summed E-state index contributed by atoms with van der Waals surface area (Å²) in [6.45, 7) is 3.94. The van der Waals surface area contributed by atoms with Crippen LogP contribution in [0.1, 0.15) is 12.8 Å². The van der Waals surface area contributed by atoms with Gasteiger partial charge in [0.1, 0.15) is 0 Å². The van der Waals surface area contributed by atoms with Gasteiger partial charge in [-0.3, -0.25) is 9.59 Å². The molecule has 8 nitrogen and oxygen atoms in total. The number of rotatable bonds is 4. The Hall–Kier alpha value is -2.22. The van der Waals surface area contributed by atoms with E-state index in [0.29, 0.717) is 45.3 Å². The average molecular weight is 333 g/mol. The molecule has 2 aliphatic heterocycles. The molecule has 130 valence electrons. The highest BCUT2D eigenvalue weighted by atomic mass is 16.5. The van der Waals surface area contributed by atoms with Gasteiger partial charge in [-0.05, 0) is 18.9 Å². The lowest BCUT2D eigenvalue weighted by atomic mass is 9.99. The number of nitrogens with zero attached hydrogens (tertiary/aromatic N) is 4. The SMILES string of the molecule is O=C(NCC(=O)N1CCN(c2ncccn2)CC1)C1CCOCC1. The van der Waals surface area contributed by atoms with Crippen molar-refractivity contribution in [3.63, 3.8) is 0 Å². The number of hydrogen-bond donors (Lipinski definition) is 1. The van der Waals surface area contributed by atoms with Gasteiger partial charge in [0.05, 0.1) is 6.54 Å². The first-order valence-electron chi connectivity index (χ1n) is 8.39. The summed E-state index contributed by atoms with van der Waals surface area (Å²) in [5, 5.41) is 2.77. The lowest BCUT2D eigenvalue weighted by Crippen LogP contribution is -2.52. The van der Waals surface area contributed by atoms with Crippen molar-refractivity contribution in [1.82, 2.24) is 20.2 Å². The van der Waals surface area contributed by atoms with Crippen LogP contribution in [0.3, 0.4) is 0 Å². The van der Waals surface area contributed by atoms with Gasteiger partial charge in [-0.1, -0.05) is 0 Å². The van der Waals surface area contributed by atoms with Crippen molar-refractivity contribution in [1.29, 1.82) is 0 Å². The molecular formula is C16H23N5O3. The van der Waals surface area contributed by atoms with Gasteiger partial charge in [0.25, 0.3) is 0 Å². The van der Waals surface area contributed by atoms with Crippen LogP contribution >= 0.6 is 0 Å². The van der Waals surface area contributed by atoms with Crippen LogP contribution in [0.25, 0.3) is 0 Å². The van der Waals surface area contributed by atoms with Crippen LogP contribution in [0.4, 0.5) is 5.95 Å². The van der Waals surface area contributed by atoms with Gasteiger partial charge in [-0.15, -0.1) is 0 Å². The second kappa shape index (κ2) is 8.05. The molecule has 1 aromatic heterocycles. The van der Waals surface area contributed by atoms with Crippen LogP contribution in [0.5, 0.6) is 0 Å². The van der Waals surface area contributed by atoms with Crippen molar-refractivity contribution in [2.24, 2.45) is 5.92 Å². The third-order valence-corrected chi connectivity index (χ3v) is 4.47. The Labute approximate surface area is 141 Å². The molecule has 3 rings (SSSR count). The van der Waals surface area contributed by atoms with Gasteiger partial charge in [0.15, 0.2) is 0 Å². The first kappa shape index (κ1) is 16.6. The van der Waals surface area contributed by atoms with Gasteiger partial charge in [-0.2, -0.15) is 0 Å². The molecule has 0 radical (unpaired) electrons. The van der Waals surface area contributed by atoms with E-state index >= 15 is 0 Å². The third kappa shape index (κ3) is 4.19. The fourth-order valence-corrected chi connectivity index (χ4v) is 2.99. The highest BCUT2D eigenvalue weighted by Gasteiger charge is 2.25. The molecule has 2 saturated heterocycles. The van der Waals surface area contributed by atoms with Crippen molar-refractivity contribution in [3.05, 3.63) is 18.5 Å². The summed E-state index contributed by atoms with van der Waals surface area (Å²) >= 11 is 0. The molecule has 0 bridgehead atoms. The highest BCUT2D eigenvalue weighted by molar-refractivity contribution is 5.86. The maximum atomic E-state index is 12.3. The van der Waals surface area contributed by atoms with Gasteiger partial charge in [0.2, 0.25) is 17.8 Å². The maximum absolute atomic E-state index is 12.3. The van der Waals surface area contributed by atoms with E-state index in [2.05, 4.69) is 20.2 Å². The number of carbonyl (C=O) groups is 2. The van der Waals surface area contributed by atoms with E-state index < -0.39 is 0 Å². The molecule has 3 heterocycles. The zero-order valence-corrected chi connectivity index (χ0v) is 13.7. The van der Waals surface area contributed by atoms with E-state index in [-0.39, 0.29) is 24.3 Å². The lowest BCUT2D eigenvalue weighted by molar-refractivity contribution is -0.135. The molecule has 0 unspecified atom stereocenters. The van der Waals surface area contributed by atoms with Crippen LogP contribution in [0.15, 0.2) is 18.5 Å². The Morgan fingerprint density at radius 3 is 2.46 bits per heavy atom. The number of aromatic nitrogens is 2. The number of hydrogen-bond acceptors (Lipinski definition) is 6. The molecule has 0 aliphatic carbocycles. The number of anilines is 1. The van der Waals surface area contributed by atoms with Crippen LogP contribution in [0, 0.1) is 5.92 Å². The van der Waals surface area contributed by atoms with Crippen LogP contribution < -0.4 is 10.2 Å². The molecule has 0 atom stereocenters. The summed E-state index contributed by atoms with van der Waals surface area (Å²) in [5.41, 5.74) is 0. The number of carbonyl (C=O) groups excluding carboxylic acids is 2. The Balaban J connectivity index is 1.41. The van der Waals surface area contributed by atoms with Crippen molar-refractivity contribution in [2.45, 2.75) is 12.8 Å². The minimum Gasteiger partial charge on any atom is -0.381 e. The maximum Gasteiger partial charge on any atom is 0.242 e. The predicted molar refractivity (Wildman–Crippen MR) is 87.4 cm³/mol. The topological polar surface area (TPSA) is 87.7 Å². The molecule has 1 aromatic rings. The highest BCUT2D eigenvalue weighted by Crippen LogP contribution is 2.14. The number of piperazine rings is 1. The summed E-state index contributed by atoms with van der Waals surface area (Å²) in [6, 6.07) is 1.78. The number of nitrogens with one attached hydrogen (secondary N) is 1. The van der Waals surface area contributed by atoms with Crippen LogP contribution in [0.2, 0.25) is 0 Å². The van der Waals surface area contributed by atoms with Crippen molar-refractivity contribution in [3.8, 4) is 0 Å². The third-order valence-electron chi connectivity index (χ3n) is 4.47. The van der Waals surface area contributed by atoms with E-state index in [1.54, 1.807) is 23.4 Å². The first-order chi connectivity index (χ1) is 11.7. The Morgan fingerprint density at radius 1 is 1.12 bits per heavy atom. The Bertz CT molecular complexity index is 554. The molecular weight excluding hydrogens is 310 g/mol. The van der Waals surface area contributed by atoms with E-state index in [9.17, 15) is 9.59 Å². The molecule has 8 heteroatoms. The summed E-state index contributed by atoms with van der Waals surface area (Å²) in [6.07, 6.45) is 4.89.